The summed E-state index contributed by atoms with van der Waals surface area (Å²) in [7, 11) is 0. The van der Waals surface area contributed by atoms with Crippen LogP contribution in [0.1, 0.15) is 12.1 Å². The molecule has 0 saturated heterocycles. The fourth-order valence-electron chi connectivity index (χ4n) is 1.55. The minimum atomic E-state index is -2.87. The van der Waals surface area contributed by atoms with Crippen LogP contribution in [0.3, 0.4) is 0 Å². The topological polar surface area (TPSA) is 77.2 Å². The number of alkyl halides is 2. The molecule has 0 saturated carbocycles. The summed E-state index contributed by atoms with van der Waals surface area (Å²) >= 11 is 0. The first-order valence-electron chi connectivity index (χ1n) is 5.73. The molecule has 2 rings (SSSR count). The zero-order valence-electron chi connectivity index (χ0n) is 10.2. The standard InChI is InChI=1S/C12H11F2N3O3/c13-12(14)20-10-4-2-9(3-5-10)17-7-8(15-16-17)1-6-11(18)19/h2-5,7,12H,1,6H2,(H,18,19). The first-order chi connectivity index (χ1) is 9.54. The lowest BCUT2D eigenvalue weighted by Gasteiger charge is -2.05. The molecule has 1 heterocycles. The second-order valence-corrected chi connectivity index (χ2v) is 3.92. The van der Waals surface area contributed by atoms with E-state index in [9.17, 15) is 13.6 Å². The number of aliphatic carboxylic acids is 1. The van der Waals surface area contributed by atoms with E-state index in [0.717, 1.165) is 0 Å². The smallest absolute Gasteiger partial charge is 0.387 e. The number of hydrogen-bond donors (Lipinski definition) is 1. The predicted molar refractivity (Wildman–Crippen MR) is 63.9 cm³/mol. The van der Waals surface area contributed by atoms with Gasteiger partial charge >= 0.3 is 12.6 Å². The van der Waals surface area contributed by atoms with Crippen LogP contribution in [0.5, 0.6) is 5.75 Å². The van der Waals surface area contributed by atoms with Crippen molar-refractivity contribution in [2.24, 2.45) is 0 Å². The molecular weight excluding hydrogens is 272 g/mol. The average Bonchev–Trinajstić information content (AvgIpc) is 2.85. The Morgan fingerprint density at radius 2 is 2.05 bits per heavy atom. The van der Waals surface area contributed by atoms with E-state index in [1.165, 1.54) is 16.8 Å². The van der Waals surface area contributed by atoms with Crippen molar-refractivity contribution >= 4 is 5.97 Å². The molecule has 2 aromatic rings. The number of halogens is 2. The minimum Gasteiger partial charge on any atom is -0.481 e. The van der Waals surface area contributed by atoms with Crippen LogP contribution in [-0.2, 0) is 11.2 Å². The highest BCUT2D eigenvalue weighted by molar-refractivity contribution is 5.66. The third-order valence-electron chi connectivity index (χ3n) is 2.46. The maximum atomic E-state index is 12.0. The van der Waals surface area contributed by atoms with Gasteiger partial charge in [-0.05, 0) is 24.3 Å². The fraction of sp³-hybridized carbons (Fsp3) is 0.250. The van der Waals surface area contributed by atoms with E-state index in [1.54, 1.807) is 18.3 Å². The van der Waals surface area contributed by atoms with Crippen molar-refractivity contribution in [1.29, 1.82) is 0 Å². The number of benzene rings is 1. The van der Waals surface area contributed by atoms with Crippen LogP contribution in [0.4, 0.5) is 8.78 Å². The molecule has 1 aromatic carbocycles. The maximum Gasteiger partial charge on any atom is 0.387 e. The largest absolute Gasteiger partial charge is 0.481 e. The molecule has 0 radical (unpaired) electrons. The summed E-state index contributed by atoms with van der Waals surface area (Å²) in [6.45, 7) is -2.87. The fourth-order valence-corrected chi connectivity index (χ4v) is 1.55. The van der Waals surface area contributed by atoms with Gasteiger partial charge in [-0.2, -0.15) is 8.78 Å². The molecule has 0 atom stereocenters. The average molecular weight is 283 g/mol. The molecule has 20 heavy (non-hydrogen) atoms. The Balaban J connectivity index is 2.06. The molecule has 0 aliphatic heterocycles. The van der Waals surface area contributed by atoms with Gasteiger partial charge in [-0.1, -0.05) is 5.21 Å². The van der Waals surface area contributed by atoms with Crippen molar-refractivity contribution in [3.63, 3.8) is 0 Å². The number of aromatic nitrogens is 3. The van der Waals surface area contributed by atoms with Gasteiger partial charge in [0.15, 0.2) is 0 Å². The Morgan fingerprint density at radius 3 is 2.65 bits per heavy atom. The highest BCUT2D eigenvalue weighted by Crippen LogP contribution is 2.17. The van der Waals surface area contributed by atoms with E-state index in [2.05, 4.69) is 15.0 Å². The van der Waals surface area contributed by atoms with Gasteiger partial charge in [-0.25, -0.2) is 4.68 Å². The number of hydrogen-bond acceptors (Lipinski definition) is 4. The number of nitrogens with zero attached hydrogens (tertiary/aromatic N) is 3. The third-order valence-corrected chi connectivity index (χ3v) is 2.46. The van der Waals surface area contributed by atoms with E-state index < -0.39 is 12.6 Å². The van der Waals surface area contributed by atoms with Crippen molar-refractivity contribution < 1.29 is 23.4 Å². The summed E-state index contributed by atoms with van der Waals surface area (Å²) in [4.78, 5) is 10.4. The number of carboxylic acid groups (broad SMARTS) is 1. The van der Waals surface area contributed by atoms with Crippen LogP contribution in [0, 0.1) is 0 Å². The van der Waals surface area contributed by atoms with E-state index in [1.807, 2.05) is 0 Å². The minimum absolute atomic E-state index is 0.0279. The maximum absolute atomic E-state index is 12.0. The van der Waals surface area contributed by atoms with Gasteiger partial charge in [-0.15, -0.1) is 5.10 Å². The second kappa shape index (κ2) is 6.09. The van der Waals surface area contributed by atoms with Crippen molar-refractivity contribution in [3.05, 3.63) is 36.2 Å². The Bertz CT molecular complexity index is 584. The molecule has 8 heteroatoms. The Kier molecular flexibility index (Phi) is 4.24. The number of carboxylic acids is 1. The van der Waals surface area contributed by atoms with Gasteiger partial charge in [0.25, 0.3) is 0 Å². The molecule has 0 fully saturated rings. The van der Waals surface area contributed by atoms with E-state index in [4.69, 9.17) is 5.11 Å². The van der Waals surface area contributed by atoms with Crippen LogP contribution < -0.4 is 4.74 Å². The summed E-state index contributed by atoms with van der Waals surface area (Å²) in [5.74, 6) is -0.858. The van der Waals surface area contributed by atoms with E-state index >= 15 is 0 Å². The SMILES string of the molecule is O=C(O)CCc1cn(-c2ccc(OC(F)F)cc2)nn1. The Labute approximate surface area is 112 Å². The van der Waals surface area contributed by atoms with Crippen LogP contribution in [0.2, 0.25) is 0 Å². The molecule has 0 amide bonds. The van der Waals surface area contributed by atoms with Gasteiger partial charge in [0, 0.05) is 6.42 Å². The molecule has 6 nitrogen and oxygen atoms in total. The Hall–Kier alpha value is -2.51. The molecule has 1 aromatic heterocycles. The number of rotatable bonds is 6. The van der Waals surface area contributed by atoms with Gasteiger partial charge in [0.2, 0.25) is 0 Å². The molecule has 0 spiro atoms. The van der Waals surface area contributed by atoms with Crippen molar-refractivity contribution in [1.82, 2.24) is 15.0 Å². The number of ether oxygens (including phenoxy) is 1. The van der Waals surface area contributed by atoms with Gasteiger partial charge < -0.3 is 9.84 Å². The normalized spacial score (nSPS) is 10.8. The Morgan fingerprint density at radius 1 is 1.35 bits per heavy atom. The number of aryl methyl sites for hydroxylation is 1. The predicted octanol–water partition coefficient (Wildman–Crippen LogP) is 1.89. The van der Waals surface area contributed by atoms with Crippen LogP contribution >= 0.6 is 0 Å². The van der Waals surface area contributed by atoms with Crippen LogP contribution in [0.15, 0.2) is 30.5 Å². The summed E-state index contributed by atoms with van der Waals surface area (Å²) in [5, 5.41) is 16.2. The summed E-state index contributed by atoms with van der Waals surface area (Å²) in [6.07, 6.45) is 1.84. The lowest BCUT2D eigenvalue weighted by atomic mass is 10.2. The van der Waals surface area contributed by atoms with Gasteiger partial charge in [0.1, 0.15) is 5.75 Å². The molecule has 0 bridgehead atoms. The lowest BCUT2D eigenvalue weighted by Crippen LogP contribution is -2.02. The van der Waals surface area contributed by atoms with Crippen molar-refractivity contribution in [2.45, 2.75) is 19.5 Å². The zero-order valence-corrected chi connectivity index (χ0v) is 10.2. The zero-order chi connectivity index (χ0) is 14.5. The van der Waals surface area contributed by atoms with Crippen molar-refractivity contribution in [3.8, 4) is 11.4 Å². The molecule has 0 aliphatic carbocycles. The molecule has 1 N–H and O–H groups in total. The second-order valence-electron chi connectivity index (χ2n) is 3.92. The summed E-state index contributed by atoms with van der Waals surface area (Å²) < 4.78 is 29.7. The summed E-state index contributed by atoms with van der Waals surface area (Å²) in [5.41, 5.74) is 1.15. The highest BCUT2D eigenvalue weighted by Gasteiger charge is 2.07. The van der Waals surface area contributed by atoms with Crippen LogP contribution in [-0.4, -0.2) is 32.7 Å². The number of carbonyl (C=O) groups is 1. The van der Waals surface area contributed by atoms with Crippen molar-refractivity contribution in [2.75, 3.05) is 0 Å². The lowest BCUT2D eigenvalue weighted by molar-refractivity contribution is -0.136. The molecule has 0 unspecified atom stereocenters. The van der Waals surface area contributed by atoms with E-state index in [0.29, 0.717) is 11.4 Å². The van der Waals surface area contributed by atoms with Gasteiger partial charge in [0.05, 0.1) is 24.0 Å². The summed E-state index contributed by atoms with van der Waals surface area (Å²) in [6, 6.07) is 5.88. The first-order valence-corrected chi connectivity index (χ1v) is 5.73. The van der Waals surface area contributed by atoms with Crippen LogP contribution in [0.25, 0.3) is 5.69 Å². The first kappa shape index (κ1) is 13.9. The molecular formula is C12H11F2N3O3. The van der Waals surface area contributed by atoms with Gasteiger partial charge in [-0.3, -0.25) is 4.79 Å². The third kappa shape index (κ3) is 3.74. The highest BCUT2D eigenvalue weighted by atomic mass is 19.3. The molecule has 0 aliphatic rings. The quantitative estimate of drug-likeness (QED) is 0.876. The van der Waals surface area contributed by atoms with E-state index in [-0.39, 0.29) is 18.6 Å². The monoisotopic (exact) mass is 283 g/mol. The molecule has 106 valence electrons.